The van der Waals surface area contributed by atoms with Gasteiger partial charge in [0.05, 0.1) is 6.04 Å². The van der Waals surface area contributed by atoms with Crippen LogP contribution in [0.15, 0.2) is 167 Å². The zero-order chi connectivity index (χ0) is 27.9. The van der Waals surface area contributed by atoms with E-state index >= 15 is 0 Å². The summed E-state index contributed by atoms with van der Waals surface area (Å²) in [5.74, 6) is 1.22. The standard InChI is InChI=1S/C39H28N2S/c1-2-10-28(11-3-1)32-17-8-24-40-39(32)41-35-18-5-4-16-33(35)34-26-31(22-23-36(34)41)27-15-9-25-42-37-19-7-14-29-12-6-13-30(21-20-27)38(29)37/h1-26,34,36H/b21-20+,25-9+,27-15+. The molecule has 4 aromatic carbocycles. The number of fused-ring (bicyclic) bond motifs is 3. The highest BCUT2D eigenvalue weighted by molar-refractivity contribution is 8.02. The van der Waals surface area contributed by atoms with E-state index in [0.717, 1.165) is 11.4 Å². The smallest absolute Gasteiger partial charge is 0.141 e. The Morgan fingerprint density at radius 2 is 1.57 bits per heavy atom. The van der Waals surface area contributed by atoms with Crippen molar-refractivity contribution in [1.82, 2.24) is 4.98 Å². The molecule has 5 aromatic rings. The van der Waals surface area contributed by atoms with Gasteiger partial charge in [0.15, 0.2) is 0 Å². The lowest BCUT2D eigenvalue weighted by molar-refractivity contribution is 0.734. The van der Waals surface area contributed by atoms with Crippen molar-refractivity contribution in [3.63, 3.8) is 0 Å². The van der Waals surface area contributed by atoms with Crippen LogP contribution in [0.5, 0.6) is 0 Å². The number of pyridine rings is 1. The minimum Gasteiger partial charge on any atom is -0.318 e. The van der Waals surface area contributed by atoms with Crippen molar-refractivity contribution in [2.45, 2.75) is 16.9 Å². The van der Waals surface area contributed by atoms with Gasteiger partial charge >= 0.3 is 0 Å². The van der Waals surface area contributed by atoms with E-state index in [-0.39, 0.29) is 12.0 Å². The highest BCUT2D eigenvalue weighted by Gasteiger charge is 2.39. The molecule has 2 aliphatic heterocycles. The topological polar surface area (TPSA) is 16.1 Å². The lowest BCUT2D eigenvalue weighted by Crippen LogP contribution is -2.30. The molecule has 3 aliphatic rings. The molecule has 0 amide bonds. The highest BCUT2D eigenvalue weighted by atomic mass is 32.2. The van der Waals surface area contributed by atoms with E-state index in [1.165, 1.54) is 49.2 Å². The number of anilines is 2. The first kappa shape index (κ1) is 24.9. The van der Waals surface area contributed by atoms with E-state index in [2.05, 4.69) is 150 Å². The van der Waals surface area contributed by atoms with E-state index in [9.17, 15) is 0 Å². The Morgan fingerprint density at radius 1 is 0.714 bits per heavy atom. The van der Waals surface area contributed by atoms with Gasteiger partial charge in [0.25, 0.3) is 0 Å². The molecule has 3 heteroatoms. The lowest BCUT2D eigenvalue weighted by atomic mass is 9.86. The molecule has 0 fully saturated rings. The molecule has 0 saturated carbocycles. The maximum Gasteiger partial charge on any atom is 0.141 e. The molecule has 42 heavy (non-hydrogen) atoms. The van der Waals surface area contributed by atoms with Crippen LogP contribution in [-0.2, 0) is 0 Å². The number of hydrogen-bond donors (Lipinski definition) is 0. The Bertz CT molecular complexity index is 1970. The van der Waals surface area contributed by atoms with Crippen molar-refractivity contribution in [2.75, 3.05) is 4.90 Å². The van der Waals surface area contributed by atoms with Gasteiger partial charge in [-0.05, 0) is 62.9 Å². The van der Waals surface area contributed by atoms with Crippen LogP contribution in [0.2, 0.25) is 0 Å². The first-order valence-electron chi connectivity index (χ1n) is 14.4. The lowest BCUT2D eigenvalue weighted by Gasteiger charge is -2.30. The summed E-state index contributed by atoms with van der Waals surface area (Å²) in [7, 11) is 0. The van der Waals surface area contributed by atoms with Gasteiger partial charge in [-0.3, -0.25) is 0 Å². The number of para-hydroxylation sites is 1. The van der Waals surface area contributed by atoms with Crippen molar-refractivity contribution in [2.24, 2.45) is 0 Å². The maximum atomic E-state index is 4.95. The molecule has 2 atom stereocenters. The van der Waals surface area contributed by atoms with Crippen LogP contribution >= 0.6 is 11.8 Å². The van der Waals surface area contributed by atoms with Gasteiger partial charge in [0, 0.05) is 33.6 Å². The van der Waals surface area contributed by atoms with Crippen LogP contribution in [0.1, 0.15) is 17.0 Å². The van der Waals surface area contributed by atoms with E-state index in [1.807, 2.05) is 12.3 Å². The third-order valence-corrected chi connectivity index (χ3v) is 9.26. The largest absolute Gasteiger partial charge is 0.318 e. The average molecular weight is 557 g/mol. The molecule has 0 spiro atoms. The summed E-state index contributed by atoms with van der Waals surface area (Å²) in [4.78, 5) is 8.67. The molecule has 3 heterocycles. The number of allylic oxidation sites excluding steroid dienone is 6. The Balaban J connectivity index is 1.20. The molecular weight excluding hydrogens is 529 g/mol. The summed E-state index contributed by atoms with van der Waals surface area (Å²) in [6.45, 7) is 0. The van der Waals surface area contributed by atoms with Crippen LogP contribution in [0.4, 0.5) is 11.5 Å². The Labute approximate surface area is 250 Å². The van der Waals surface area contributed by atoms with Crippen LogP contribution in [0, 0.1) is 0 Å². The van der Waals surface area contributed by atoms with Gasteiger partial charge in [-0.2, -0.15) is 0 Å². The second kappa shape index (κ2) is 10.5. The zero-order valence-corrected chi connectivity index (χ0v) is 23.8. The van der Waals surface area contributed by atoms with Crippen molar-refractivity contribution >= 4 is 40.1 Å². The van der Waals surface area contributed by atoms with Crippen molar-refractivity contribution in [3.8, 4) is 11.1 Å². The maximum absolute atomic E-state index is 4.95. The second-order valence-electron chi connectivity index (χ2n) is 10.8. The Kier molecular flexibility index (Phi) is 6.23. The normalized spacial score (nSPS) is 21.6. The Hall–Kier alpha value is -4.86. The molecule has 2 nitrogen and oxygen atoms in total. The van der Waals surface area contributed by atoms with E-state index in [4.69, 9.17) is 4.98 Å². The van der Waals surface area contributed by atoms with Crippen LogP contribution in [0.3, 0.4) is 0 Å². The minimum atomic E-state index is 0.152. The van der Waals surface area contributed by atoms with Crippen LogP contribution < -0.4 is 4.90 Å². The molecule has 0 radical (unpaired) electrons. The molecule has 1 aromatic heterocycles. The molecule has 2 unspecified atom stereocenters. The molecule has 0 N–H and O–H groups in total. The molecule has 0 bridgehead atoms. The SMILES string of the molecule is C1=CC2C(C=C1C1=C/C=C/Sc3cccc4cccc(c34)\C=C\1)c1ccccc1N2c1ncccc1-c1ccccc1. The van der Waals surface area contributed by atoms with E-state index in [0.29, 0.717) is 0 Å². The molecule has 0 saturated heterocycles. The fraction of sp³-hybridized carbons (Fsp3) is 0.0513. The number of hydrogen-bond acceptors (Lipinski definition) is 3. The van der Waals surface area contributed by atoms with E-state index in [1.54, 1.807) is 11.8 Å². The highest BCUT2D eigenvalue weighted by Crippen LogP contribution is 2.50. The van der Waals surface area contributed by atoms with E-state index < -0.39 is 0 Å². The van der Waals surface area contributed by atoms with Crippen molar-refractivity contribution < 1.29 is 0 Å². The second-order valence-corrected chi connectivity index (χ2v) is 11.7. The number of aromatic nitrogens is 1. The van der Waals surface area contributed by atoms with Gasteiger partial charge in [0.1, 0.15) is 5.82 Å². The van der Waals surface area contributed by atoms with Gasteiger partial charge < -0.3 is 4.90 Å². The number of benzene rings is 4. The molecule has 200 valence electrons. The van der Waals surface area contributed by atoms with Gasteiger partial charge in [0.2, 0.25) is 0 Å². The Morgan fingerprint density at radius 3 is 2.50 bits per heavy atom. The third kappa shape index (κ3) is 4.25. The van der Waals surface area contributed by atoms with Crippen LogP contribution in [0.25, 0.3) is 28.0 Å². The fourth-order valence-corrected chi connectivity index (χ4v) is 7.29. The first-order chi connectivity index (χ1) is 20.8. The predicted octanol–water partition coefficient (Wildman–Crippen LogP) is 10.3. The summed E-state index contributed by atoms with van der Waals surface area (Å²) < 4.78 is 0. The first-order valence-corrected chi connectivity index (χ1v) is 15.3. The summed E-state index contributed by atoms with van der Waals surface area (Å²) in [6, 6.07) is 36.9. The third-order valence-electron chi connectivity index (χ3n) is 8.38. The quantitative estimate of drug-likeness (QED) is 0.220. The van der Waals surface area contributed by atoms with Crippen molar-refractivity contribution in [1.29, 1.82) is 0 Å². The number of rotatable bonds is 3. The summed E-state index contributed by atoms with van der Waals surface area (Å²) in [6.07, 6.45) is 18.0. The summed E-state index contributed by atoms with van der Waals surface area (Å²) in [5, 5.41) is 4.78. The molecule has 1 aliphatic carbocycles. The van der Waals surface area contributed by atoms with Gasteiger partial charge in [-0.15, -0.1) is 0 Å². The average Bonchev–Trinajstić information content (AvgIpc) is 3.38. The number of thioether (sulfide) groups is 1. The summed E-state index contributed by atoms with van der Waals surface area (Å²) >= 11 is 1.78. The van der Waals surface area contributed by atoms with Gasteiger partial charge in [-0.1, -0.05) is 133 Å². The fourth-order valence-electron chi connectivity index (χ4n) is 6.47. The summed E-state index contributed by atoms with van der Waals surface area (Å²) in [5.41, 5.74) is 8.57. The predicted molar refractivity (Wildman–Crippen MR) is 178 cm³/mol. The monoisotopic (exact) mass is 556 g/mol. The van der Waals surface area contributed by atoms with Crippen LogP contribution in [-0.4, -0.2) is 11.0 Å². The zero-order valence-electron chi connectivity index (χ0n) is 23.0. The van der Waals surface area contributed by atoms with Crippen molar-refractivity contribution in [3.05, 3.63) is 173 Å². The number of nitrogens with zero attached hydrogens (tertiary/aromatic N) is 2. The minimum absolute atomic E-state index is 0.152. The molecule has 8 rings (SSSR count). The molecular formula is C39H28N2S. The van der Waals surface area contributed by atoms with Gasteiger partial charge in [-0.25, -0.2) is 4.98 Å².